The predicted octanol–water partition coefficient (Wildman–Crippen LogP) is 4.38. The fourth-order valence-corrected chi connectivity index (χ4v) is 5.34. The van der Waals surface area contributed by atoms with Crippen LogP contribution in [0.25, 0.3) is 0 Å². The third-order valence-electron chi connectivity index (χ3n) is 7.11. The summed E-state index contributed by atoms with van der Waals surface area (Å²) in [6.07, 6.45) is 2.19. The molecule has 2 aliphatic rings. The van der Waals surface area contributed by atoms with Crippen molar-refractivity contribution >= 4 is 40.9 Å². The number of ether oxygens (including phenoxy) is 2. The van der Waals surface area contributed by atoms with Crippen molar-refractivity contribution < 1.29 is 28.3 Å². The first kappa shape index (κ1) is 27.1. The van der Waals surface area contributed by atoms with E-state index < -0.39 is 11.8 Å². The molecular weight excluding hydrogens is 545 g/mol. The molecule has 0 bridgehead atoms. The molecule has 2 aromatic carbocycles. The number of halogens is 2. The van der Waals surface area contributed by atoms with E-state index in [-0.39, 0.29) is 30.9 Å². The Morgan fingerprint density at radius 3 is 2.46 bits per heavy atom. The van der Waals surface area contributed by atoms with Crippen LogP contribution in [0.5, 0.6) is 5.75 Å². The van der Waals surface area contributed by atoms with Gasteiger partial charge in [-0.25, -0.2) is 0 Å². The first-order chi connectivity index (χ1) is 18.8. The third-order valence-corrected chi connectivity index (χ3v) is 7.85. The lowest BCUT2D eigenvalue weighted by atomic mass is 9.96. The molecule has 39 heavy (non-hydrogen) atoms. The molecule has 3 heterocycles. The molecule has 0 unspecified atom stereocenters. The molecule has 9 nitrogen and oxygen atoms in total. The molecule has 1 aromatic heterocycles. The lowest BCUT2D eigenvalue weighted by Gasteiger charge is -2.44. The van der Waals surface area contributed by atoms with Gasteiger partial charge in [-0.3, -0.25) is 19.3 Å². The van der Waals surface area contributed by atoms with Crippen LogP contribution in [-0.2, 0) is 16.1 Å². The molecule has 3 aromatic rings. The van der Waals surface area contributed by atoms with E-state index in [1.54, 1.807) is 59.5 Å². The highest BCUT2D eigenvalue weighted by Crippen LogP contribution is 2.39. The van der Waals surface area contributed by atoms with Gasteiger partial charge in [-0.1, -0.05) is 29.3 Å². The fraction of sp³-hybridized carbons (Fsp3) is 0.321. The first-order valence-electron chi connectivity index (χ1n) is 12.5. The van der Waals surface area contributed by atoms with Crippen molar-refractivity contribution in [2.24, 2.45) is 0 Å². The molecule has 1 atom stereocenters. The smallest absolute Gasteiger partial charge is 0.257 e. The van der Waals surface area contributed by atoms with Gasteiger partial charge < -0.3 is 24.1 Å². The van der Waals surface area contributed by atoms with E-state index in [1.165, 1.54) is 18.3 Å². The minimum absolute atomic E-state index is 0.0282. The number of benzene rings is 2. The summed E-state index contributed by atoms with van der Waals surface area (Å²) in [5.41, 5.74) is -0.258. The number of methoxy groups -OCH3 is 1. The zero-order valence-electron chi connectivity index (χ0n) is 21.2. The Morgan fingerprint density at radius 2 is 1.77 bits per heavy atom. The van der Waals surface area contributed by atoms with E-state index in [1.807, 2.05) is 0 Å². The lowest BCUT2D eigenvalue weighted by molar-refractivity contribution is -0.128. The van der Waals surface area contributed by atoms with Crippen LogP contribution in [0.15, 0.2) is 65.3 Å². The molecule has 1 N–H and O–H groups in total. The Bertz CT molecular complexity index is 1370. The summed E-state index contributed by atoms with van der Waals surface area (Å²) >= 11 is 12.1. The largest absolute Gasteiger partial charge is 0.497 e. The van der Waals surface area contributed by atoms with Gasteiger partial charge in [0.05, 0.1) is 36.6 Å². The van der Waals surface area contributed by atoms with Crippen molar-refractivity contribution in [2.75, 3.05) is 26.8 Å². The van der Waals surface area contributed by atoms with Crippen LogP contribution in [0.3, 0.4) is 0 Å². The number of piperidine rings is 1. The first-order valence-corrected chi connectivity index (χ1v) is 13.2. The quantitative estimate of drug-likeness (QED) is 0.471. The van der Waals surface area contributed by atoms with Crippen LogP contribution >= 0.6 is 23.2 Å². The predicted molar refractivity (Wildman–Crippen MR) is 144 cm³/mol. The number of likely N-dealkylation sites (tertiary alicyclic amines) is 1. The summed E-state index contributed by atoms with van der Waals surface area (Å²) in [4.78, 5) is 43.6. The maximum Gasteiger partial charge on any atom is 0.257 e. The Kier molecular flexibility index (Phi) is 7.83. The minimum Gasteiger partial charge on any atom is -0.497 e. The van der Waals surface area contributed by atoms with Crippen LogP contribution in [-0.4, -0.2) is 66.1 Å². The van der Waals surface area contributed by atoms with Crippen molar-refractivity contribution in [2.45, 2.75) is 31.2 Å². The maximum atomic E-state index is 13.9. The van der Waals surface area contributed by atoms with Crippen molar-refractivity contribution in [3.8, 4) is 5.75 Å². The number of nitrogens with zero attached hydrogens (tertiary/aromatic N) is 2. The summed E-state index contributed by atoms with van der Waals surface area (Å²) < 4.78 is 16.9. The third kappa shape index (κ3) is 5.48. The summed E-state index contributed by atoms with van der Waals surface area (Å²) in [7, 11) is 1.52. The van der Waals surface area contributed by atoms with Gasteiger partial charge in [-0.15, -0.1) is 0 Å². The second-order valence-electron chi connectivity index (χ2n) is 9.40. The van der Waals surface area contributed by atoms with E-state index in [0.717, 1.165) is 0 Å². The molecule has 2 saturated heterocycles. The van der Waals surface area contributed by atoms with E-state index >= 15 is 0 Å². The summed E-state index contributed by atoms with van der Waals surface area (Å²) in [6.45, 7) is 0.853. The van der Waals surface area contributed by atoms with Crippen LogP contribution in [0.2, 0.25) is 10.0 Å². The summed E-state index contributed by atoms with van der Waals surface area (Å²) in [5.74, 6) is 0.218. The van der Waals surface area contributed by atoms with Gasteiger partial charge in [0.15, 0.2) is 0 Å². The Hall–Kier alpha value is -3.53. The van der Waals surface area contributed by atoms with Crippen molar-refractivity contribution in [3.05, 3.63) is 87.8 Å². The van der Waals surface area contributed by atoms with Crippen molar-refractivity contribution in [3.63, 3.8) is 0 Å². The van der Waals surface area contributed by atoms with E-state index in [9.17, 15) is 14.4 Å². The number of carbonyl (C=O) groups excluding carboxylic acids is 3. The molecule has 204 valence electrons. The summed E-state index contributed by atoms with van der Waals surface area (Å²) in [5, 5.41) is 3.52. The molecular formula is C28H27Cl2N3O6. The number of amides is 3. The molecule has 2 fully saturated rings. The molecule has 2 aliphatic heterocycles. The second-order valence-corrected chi connectivity index (χ2v) is 10.2. The van der Waals surface area contributed by atoms with Gasteiger partial charge in [-0.2, -0.15) is 0 Å². The van der Waals surface area contributed by atoms with Gasteiger partial charge in [-0.05, 0) is 48.5 Å². The average molecular weight is 572 g/mol. The standard InChI is InChI=1S/C28H27Cl2N3O6/c1-37-20-5-2-4-18(14-20)27(36)33-24(25(34)31-16-21-6-3-13-38-21)17-39-28(33)9-11-32(12-10-28)26(35)19-7-8-22(29)23(30)15-19/h2-8,13-15,24H,9-12,16-17H2,1H3,(H,31,34)/t24-/m0/s1. The number of hydrogen-bond acceptors (Lipinski definition) is 6. The molecule has 1 spiro atoms. The number of rotatable bonds is 6. The van der Waals surface area contributed by atoms with Crippen LogP contribution in [0, 0.1) is 0 Å². The van der Waals surface area contributed by atoms with Crippen molar-refractivity contribution in [1.82, 2.24) is 15.1 Å². The van der Waals surface area contributed by atoms with Gasteiger partial charge in [0.1, 0.15) is 23.3 Å². The number of nitrogens with one attached hydrogen (secondary N) is 1. The Balaban J connectivity index is 1.37. The van der Waals surface area contributed by atoms with E-state index in [0.29, 0.717) is 58.6 Å². The zero-order chi connectivity index (χ0) is 27.6. The van der Waals surface area contributed by atoms with Crippen LogP contribution in [0.4, 0.5) is 0 Å². The molecule has 5 rings (SSSR count). The SMILES string of the molecule is COc1cccc(C(=O)N2[C@H](C(=O)NCc3ccco3)COC23CCN(C(=O)c2ccc(Cl)c(Cl)c2)CC3)c1. The monoisotopic (exact) mass is 571 g/mol. The number of furan rings is 1. The minimum atomic E-state index is -1.05. The fourth-order valence-electron chi connectivity index (χ4n) is 5.04. The zero-order valence-corrected chi connectivity index (χ0v) is 22.7. The molecule has 0 radical (unpaired) electrons. The van der Waals surface area contributed by atoms with E-state index in [4.69, 9.17) is 37.1 Å². The average Bonchev–Trinajstić information content (AvgIpc) is 3.61. The van der Waals surface area contributed by atoms with Crippen LogP contribution in [0.1, 0.15) is 39.3 Å². The van der Waals surface area contributed by atoms with Crippen molar-refractivity contribution in [1.29, 1.82) is 0 Å². The molecule has 11 heteroatoms. The highest BCUT2D eigenvalue weighted by atomic mass is 35.5. The van der Waals surface area contributed by atoms with Crippen LogP contribution < -0.4 is 10.1 Å². The highest BCUT2D eigenvalue weighted by molar-refractivity contribution is 6.42. The number of carbonyl (C=O) groups is 3. The topological polar surface area (TPSA) is 101 Å². The molecule has 0 saturated carbocycles. The highest BCUT2D eigenvalue weighted by Gasteiger charge is 2.54. The Morgan fingerprint density at radius 1 is 1.00 bits per heavy atom. The summed E-state index contributed by atoms with van der Waals surface area (Å²) in [6, 6.07) is 14.2. The number of hydrogen-bond donors (Lipinski definition) is 1. The lowest BCUT2D eigenvalue weighted by Crippen LogP contribution is -2.59. The Labute approximate surface area is 235 Å². The van der Waals surface area contributed by atoms with Gasteiger partial charge in [0, 0.05) is 37.1 Å². The second kappa shape index (κ2) is 11.3. The van der Waals surface area contributed by atoms with Gasteiger partial charge in [0.2, 0.25) is 5.91 Å². The van der Waals surface area contributed by atoms with E-state index in [2.05, 4.69) is 5.32 Å². The van der Waals surface area contributed by atoms with Gasteiger partial charge in [0.25, 0.3) is 11.8 Å². The molecule has 3 amide bonds. The maximum absolute atomic E-state index is 13.9. The molecule has 0 aliphatic carbocycles. The van der Waals surface area contributed by atoms with Gasteiger partial charge >= 0.3 is 0 Å². The normalized spacial score (nSPS) is 18.3.